The van der Waals surface area contributed by atoms with Gasteiger partial charge in [0.25, 0.3) is 11.5 Å². The number of aromatic amines is 1. The Kier molecular flexibility index (Phi) is 4.73. The van der Waals surface area contributed by atoms with Gasteiger partial charge in [-0.15, -0.1) is 6.58 Å². The van der Waals surface area contributed by atoms with Crippen molar-refractivity contribution in [1.82, 2.24) is 14.9 Å². The Morgan fingerprint density at radius 3 is 2.68 bits per heavy atom. The van der Waals surface area contributed by atoms with Crippen LogP contribution >= 0.6 is 12.2 Å². The lowest BCUT2D eigenvalue weighted by atomic mass is 9.96. The van der Waals surface area contributed by atoms with Gasteiger partial charge in [-0.1, -0.05) is 36.4 Å². The summed E-state index contributed by atoms with van der Waals surface area (Å²) < 4.78 is 1.76. The molecule has 2 aromatic carbocycles. The predicted octanol–water partition coefficient (Wildman–Crippen LogP) is 3.71. The quantitative estimate of drug-likeness (QED) is 0.497. The summed E-state index contributed by atoms with van der Waals surface area (Å²) in [5.74, 6) is -0.154. The van der Waals surface area contributed by atoms with Crippen LogP contribution in [-0.4, -0.2) is 22.0 Å². The molecule has 142 valence electrons. The molecule has 1 saturated carbocycles. The summed E-state index contributed by atoms with van der Waals surface area (Å²) in [4.78, 5) is 28.3. The second kappa shape index (κ2) is 7.20. The van der Waals surface area contributed by atoms with Crippen LogP contribution < -0.4 is 10.9 Å². The summed E-state index contributed by atoms with van der Waals surface area (Å²) >= 11 is 5.26. The Morgan fingerprint density at radius 1 is 1.25 bits per heavy atom. The fourth-order valence-corrected chi connectivity index (χ4v) is 3.82. The average molecular weight is 391 g/mol. The number of nitrogens with one attached hydrogen (secondary N) is 2. The van der Waals surface area contributed by atoms with Gasteiger partial charge in [-0.05, 0) is 48.8 Å². The van der Waals surface area contributed by atoms with Crippen LogP contribution in [0, 0.1) is 4.77 Å². The van der Waals surface area contributed by atoms with Crippen LogP contribution in [0.4, 0.5) is 0 Å². The third-order valence-electron chi connectivity index (χ3n) is 5.38. The van der Waals surface area contributed by atoms with E-state index in [1.807, 2.05) is 18.2 Å². The van der Waals surface area contributed by atoms with Gasteiger partial charge in [-0.25, -0.2) is 0 Å². The maximum Gasteiger partial charge on any atom is 0.262 e. The van der Waals surface area contributed by atoms with Gasteiger partial charge in [-0.3, -0.25) is 14.2 Å². The number of carbonyl (C=O) groups is 1. The van der Waals surface area contributed by atoms with Crippen LogP contribution in [0.3, 0.4) is 0 Å². The third kappa shape index (κ3) is 3.31. The van der Waals surface area contributed by atoms with E-state index in [-0.39, 0.29) is 16.9 Å². The molecule has 28 heavy (non-hydrogen) atoms. The van der Waals surface area contributed by atoms with Gasteiger partial charge in [0.05, 0.1) is 10.9 Å². The first-order valence-corrected chi connectivity index (χ1v) is 9.66. The number of hydrogen-bond acceptors (Lipinski definition) is 3. The van der Waals surface area contributed by atoms with Crippen molar-refractivity contribution in [3.05, 3.63) is 87.4 Å². The van der Waals surface area contributed by atoms with Crippen LogP contribution in [-0.2, 0) is 12.0 Å². The molecule has 4 rings (SSSR count). The van der Waals surface area contributed by atoms with Crippen LogP contribution in [0.1, 0.15) is 28.8 Å². The minimum atomic E-state index is -0.188. The van der Waals surface area contributed by atoms with Gasteiger partial charge < -0.3 is 10.3 Å². The first-order valence-electron chi connectivity index (χ1n) is 9.26. The topological polar surface area (TPSA) is 66.9 Å². The molecule has 0 spiro atoms. The Bertz CT molecular complexity index is 1170. The minimum Gasteiger partial charge on any atom is -0.351 e. The molecule has 5 nitrogen and oxygen atoms in total. The molecule has 1 aromatic heterocycles. The fraction of sp³-hybridized carbons (Fsp3) is 0.227. The van der Waals surface area contributed by atoms with E-state index in [0.29, 0.717) is 34.3 Å². The maximum absolute atomic E-state index is 12.7. The number of nitrogens with zero attached hydrogens (tertiary/aromatic N) is 1. The monoisotopic (exact) mass is 391 g/mol. The molecule has 0 atom stereocenters. The second-order valence-electron chi connectivity index (χ2n) is 7.22. The lowest BCUT2D eigenvalue weighted by Gasteiger charge is -2.16. The highest BCUT2D eigenvalue weighted by atomic mass is 32.1. The zero-order chi connectivity index (χ0) is 19.7. The lowest BCUT2D eigenvalue weighted by Crippen LogP contribution is -2.32. The number of amides is 1. The smallest absolute Gasteiger partial charge is 0.262 e. The number of benzene rings is 2. The van der Waals surface area contributed by atoms with E-state index in [0.717, 1.165) is 12.8 Å². The molecule has 2 N–H and O–H groups in total. The van der Waals surface area contributed by atoms with Gasteiger partial charge in [0.15, 0.2) is 4.77 Å². The molecular formula is C22H21N3O2S. The van der Waals surface area contributed by atoms with Crippen molar-refractivity contribution in [3.63, 3.8) is 0 Å². The Morgan fingerprint density at radius 2 is 2.00 bits per heavy atom. The first kappa shape index (κ1) is 18.4. The molecule has 0 bridgehead atoms. The molecular weight excluding hydrogens is 370 g/mol. The number of carbonyl (C=O) groups excluding carboxylic acids is 1. The molecule has 1 aliphatic rings. The fourth-order valence-electron chi connectivity index (χ4n) is 3.55. The molecule has 1 aliphatic carbocycles. The zero-order valence-electron chi connectivity index (χ0n) is 15.4. The van der Waals surface area contributed by atoms with Crippen molar-refractivity contribution in [2.45, 2.75) is 24.8 Å². The van der Waals surface area contributed by atoms with Crippen molar-refractivity contribution in [3.8, 4) is 0 Å². The van der Waals surface area contributed by atoms with Crippen LogP contribution in [0.25, 0.3) is 10.9 Å². The molecule has 1 heterocycles. The maximum atomic E-state index is 12.7. The Labute approximate surface area is 167 Å². The predicted molar refractivity (Wildman–Crippen MR) is 113 cm³/mol. The van der Waals surface area contributed by atoms with Crippen LogP contribution in [0.5, 0.6) is 0 Å². The largest absolute Gasteiger partial charge is 0.351 e. The molecule has 0 unspecified atom stereocenters. The van der Waals surface area contributed by atoms with E-state index in [1.165, 1.54) is 10.1 Å². The average Bonchev–Trinajstić information content (AvgIpc) is 3.51. The summed E-state index contributed by atoms with van der Waals surface area (Å²) in [6.45, 7) is 4.59. The van der Waals surface area contributed by atoms with Gasteiger partial charge in [-0.2, -0.15) is 0 Å². The number of H-pyrrole nitrogens is 1. The van der Waals surface area contributed by atoms with Crippen molar-refractivity contribution in [2.24, 2.45) is 0 Å². The van der Waals surface area contributed by atoms with E-state index in [9.17, 15) is 9.59 Å². The zero-order valence-corrected chi connectivity index (χ0v) is 16.2. The number of rotatable bonds is 6. The normalized spacial score (nSPS) is 14.6. The Hall–Kier alpha value is -2.99. The van der Waals surface area contributed by atoms with Gasteiger partial charge in [0.2, 0.25) is 0 Å². The number of allylic oxidation sites excluding steroid dienone is 1. The molecule has 0 radical (unpaired) electrons. The highest BCUT2D eigenvalue weighted by Gasteiger charge is 2.44. The second-order valence-corrected chi connectivity index (χ2v) is 7.61. The van der Waals surface area contributed by atoms with Gasteiger partial charge >= 0.3 is 0 Å². The molecule has 0 saturated heterocycles. The standard InChI is InChI=1S/C22H21N3O2S/c1-2-12-25-20(27)17-9-8-15(13-18(17)24-21(25)28)19(26)23-14-22(10-11-22)16-6-4-3-5-7-16/h2-9,13H,1,10-12,14H2,(H,23,26)(H,24,28). The summed E-state index contributed by atoms with van der Waals surface area (Å²) in [6.07, 6.45) is 3.77. The van der Waals surface area contributed by atoms with E-state index >= 15 is 0 Å². The molecule has 1 amide bonds. The highest BCUT2D eigenvalue weighted by Crippen LogP contribution is 2.47. The van der Waals surface area contributed by atoms with Crippen LogP contribution in [0.15, 0.2) is 66.0 Å². The summed E-state index contributed by atoms with van der Waals surface area (Å²) in [7, 11) is 0. The van der Waals surface area contributed by atoms with Crippen molar-refractivity contribution in [1.29, 1.82) is 0 Å². The number of hydrogen-bond donors (Lipinski definition) is 2. The van der Waals surface area contributed by atoms with Crippen LogP contribution in [0.2, 0.25) is 0 Å². The lowest BCUT2D eigenvalue weighted by molar-refractivity contribution is 0.0950. The van der Waals surface area contributed by atoms with E-state index in [1.54, 1.807) is 24.3 Å². The third-order valence-corrected chi connectivity index (χ3v) is 5.71. The first-order chi connectivity index (χ1) is 13.5. The molecule has 6 heteroatoms. The van der Waals surface area contributed by atoms with Crippen molar-refractivity contribution >= 4 is 29.0 Å². The number of aromatic nitrogens is 2. The summed E-state index contributed by atoms with van der Waals surface area (Å²) in [5.41, 5.74) is 2.19. The summed E-state index contributed by atoms with van der Waals surface area (Å²) in [6, 6.07) is 15.3. The summed E-state index contributed by atoms with van der Waals surface area (Å²) in [5, 5.41) is 3.55. The highest BCUT2D eigenvalue weighted by molar-refractivity contribution is 7.71. The Balaban J connectivity index is 1.57. The van der Waals surface area contributed by atoms with Gasteiger partial charge in [0.1, 0.15) is 0 Å². The van der Waals surface area contributed by atoms with E-state index in [4.69, 9.17) is 12.2 Å². The molecule has 0 aliphatic heterocycles. The van der Waals surface area contributed by atoms with E-state index < -0.39 is 0 Å². The van der Waals surface area contributed by atoms with Crippen molar-refractivity contribution < 1.29 is 4.79 Å². The SMILES string of the molecule is C=CCn1c(=S)[nH]c2cc(C(=O)NCC3(c4ccccc4)CC3)ccc2c1=O. The van der Waals surface area contributed by atoms with Crippen molar-refractivity contribution in [2.75, 3.05) is 6.54 Å². The minimum absolute atomic E-state index is 0.0477. The molecule has 3 aromatic rings. The van der Waals surface area contributed by atoms with Gasteiger partial charge in [0, 0.05) is 24.1 Å². The molecule has 1 fully saturated rings. The number of fused-ring (bicyclic) bond motifs is 1. The van der Waals surface area contributed by atoms with E-state index in [2.05, 4.69) is 29.0 Å².